The molecular weight excluding hydrogens is 252 g/mol. The van der Waals surface area contributed by atoms with Crippen molar-refractivity contribution in [2.45, 2.75) is 26.2 Å². The van der Waals surface area contributed by atoms with E-state index in [0.29, 0.717) is 17.6 Å². The molecule has 5 heteroatoms. The van der Waals surface area contributed by atoms with Gasteiger partial charge in [0.05, 0.1) is 6.61 Å². The summed E-state index contributed by atoms with van der Waals surface area (Å²) in [6.07, 6.45) is 0.940. The highest BCUT2D eigenvalue weighted by atomic mass is 16.5. The fraction of sp³-hybridized carbons (Fsp3) is 0.333. The maximum atomic E-state index is 5.52. The molecule has 3 rings (SSSR count). The minimum absolute atomic E-state index is 0.321. The van der Waals surface area contributed by atoms with Crippen LogP contribution in [-0.2, 0) is 6.42 Å². The van der Waals surface area contributed by atoms with Gasteiger partial charge in [-0.3, -0.25) is 0 Å². The number of anilines is 1. The molecule has 5 nitrogen and oxygen atoms in total. The number of nitrogen functional groups attached to an aromatic ring is 1. The average molecular weight is 270 g/mol. The van der Waals surface area contributed by atoms with E-state index in [-0.39, 0.29) is 0 Å². The Morgan fingerprint density at radius 2 is 2.10 bits per heavy atom. The summed E-state index contributed by atoms with van der Waals surface area (Å²) in [5.41, 5.74) is 5.79. The smallest absolute Gasteiger partial charge is 0.161 e. The molecule has 104 valence electrons. The lowest BCUT2D eigenvalue weighted by molar-refractivity contribution is 0.357. The van der Waals surface area contributed by atoms with Crippen molar-refractivity contribution >= 4 is 5.82 Å². The summed E-state index contributed by atoms with van der Waals surface area (Å²) in [6, 6.07) is 7.95. The number of ether oxygens (including phenoxy) is 1. The van der Waals surface area contributed by atoms with E-state index in [9.17, 15) is 0 Å². The van der Waals surface area contributed by atoms with Crippen LogP contribution in [0.15, 0.2) is 24.3 Å². The van der Waals surface area contributed by atoms with Crippen LogP contribution < -0.4 is 16.0 Å². The van der Waals surface area contributed by atoms with Gasteiger partial charge in [0.15, 0.2) is 5.82 Å². The molecule has 2 heterocycles. The van der Waals surface area contributed by atoms with Gasteiger partial charge in [-0.25, -0.2) is 15.8 Å². The van der Waals surface area contributed by atoms with Gasteiger partial charge in [0, 0.05) is 23.7 Å². The van der Waals surface area contributed by atoms with Crippen molar-refractivity contribution in [1.82, 2.24) is 9.97 Å². The van der Waals surface area contributed by atoms with Gasteiger partial charge in [0.25, 0.3) is 0 Å². The molecule has 0 bridgehead atoms. The highest BCUT2D eigenvalue weighted by molar-refractivity contribution is 5.61. The van der Waals surface area contributed by atoms with Crippen LogP contribution in [0.1, 0.15) is 31.0 Å². The van der Waals surface area contributed by atoms with Crippen molar-refractivity contribution in [2.75, 3.05) is 12.0 Å². The van der Waals surface area contributed by atoms with E-state index in [4.69, 9.17) is 10.6 Å². The molecule has 3 N–H and O–H groups in total. The van der Waals surface area contributed by atoms with E-state index >= 15 is 0 Å². The Kier molecular flexibility index (Phi) is 3.28. The second-order valence-electron chi connectivity index (χ2n) is 5.22. The zero-order valence-electron chi connectivity index (χ0n) is 11.7. The van der Waals surface area contributed by atoms with Crippen molar-refractivity contribution in [3.63, 3.8) is 0 Å². The van der Waals surface area contributed by atoms with E-state index in [1.165, 1.54) is 5.56 Å². The number of nitrogens with zero attached hydrogens (tertiary/aromatic N) is 2. The fourth-order valence-electron chi connectivity index (χ4n) is 2.29. The molecule has 0 fully saturated rings. The first-order valence-corrected chi connectivity index (χ1v) is 6.79. The summed E-state index contributed by atoms with van der Waals surface area (Å²) in [4.78, 5) is 9.07. The van der Waals surface area contributed by atoms with Crippen LogP contribution in [0.25, 0.3) is 11.4 Å². The summed E-state index contributed by atoms with van der Waals surface area (Å²) in [7, 11) is 0. The van der Waals surface area contributed by atoms with Crippen molar-refractivity contribution < 1.29 is 4.74 Å². The van der Waals surface area contributed by atoms with Gasteiger partial charge in [-0.15, -0.1) is 0 Å². The zero-order chi connectivity index (χ0) is 14.1. The molecule has 0 radical (unpaired) electrons. The Morgan fingerprint density at radius 3 is 2.85 bits per heavy atom. The number of benzene rings is 1. The van der Waals surface area contributed by atoms with E-state index in [2.05, 4.69) is 35.3 Å². The number of rotatable bonds is 3. The summed E-state index contributed by atoms with van der Waals surface area (Å²) in [5.74, 6) is 8.11. The number of fused-ring (bicyclic) bond motifs is 1. The molecule has 1 aromatic heterocycles. The highest BCUT2D eigenvalue weighted by Crippen LogP contribution is 2.30. The van der Waals surface area contributed by atoms with E-state index in [1.807, 2.05) is 18.2 Å². The Labute approximate surface area is 118 Å². The lowest BCUT2D eigenvalue weighted by Gasteiger charge is -2.10. The minimum atomic E-state index is 0.321. The van der Waals surface area contributed by atoms with Crippen molar-refractivity contribution in [2.24, 2.45) is 5.84 Å². The number of hydrogen-bond donors (Lipinski definition) is 2. The van der Waals surface area contributed by atoms with Gasteiger partial charge < -0.3 is 10.2 Å². The lowest BCUT2D eigenvalue weighted by atomic mass is 10.1. The molecule has 0 spiro atoms. The lowest BCUT2D eigenvalue weighted by Crippen LogP contribution is -2.11. The molecule has 0 aliphatic carbocycles. The summed E-state index contributed by atoms with van der Waals surface area (Å²) in [6.45, 7) is 4.95. The standard InChI is InChI=1S/C15H18N4O/c1-9(2)12-8-14(19-16)18-15(17-12)11-3-4-13-10(7-11)5-6-20-13/h3-4,7-9H,5-6,16H2,1-2H3,(H,17,18,19). The number of hydrogen-bond acceptors (Lipinski definition) is 5. The van der Waals surface area contributed by atoms with Gasteiger partial charge in [0.2, 0.25) is 0 Å². The zero-order valence-corrected chi connectivity index (χ0v) is 11.7. The van der Waals surface area contributed by atoms with Crippen molar-refractivity contribution in [3.05, 3.63) is 35.5 Å². The largest absolute Gasteiger partial charge is 0.493 e. The maximum Gasteiger partial charge on any atom is 0.161 e. The first-order chi connectivity index (χ1) is 9.67. The summed E-state index contributed by atoms with van der Waals surface area (Å²) in [5, 5.41) is 0. The predicted molar refractivity (Wildman–Crippen MR) is 78.6 cm³/mol. The quantitative estimate of drug-likeness (QED) is 0.662. The number of nitrogens with two attached hydrogens (primary N) is 1. The first kappa shape index (κ1) is 12.9. The van der Waals surface area contributed by atoms with Gasteiger partial charge in [-0.2, -0.15) is 0 Å². The summed E-state index contributed by atoms with van der Waals surface area (Å²) >= 11 is 0. The van der Waals surface area contributed by atoms with E-state index < -0.39 is 0 Å². The molecule has 1 aliphatic rings. The van der Waals surface area contributed by atoms with Gasteiger partial charge in [-0.05, 0) is 29.7 Å². The van der Waals surface area contributed by atoms with Crippen LogP contribution in [0.2, 0.25) is 0 Å². The number of hydrazine groups is 1. The Morgan fingerprint density at radius 1 is 1.25 bits per heavy atom. The molecule has 1 aromatic carbocycles. The molecule has 0 saturated heterocycles. The molecule has 0 unspecified atom stereocenters. The van der Waals surface area contributed by atoms with E-state index in [0.717, 1.165) is 30.0 Å². The highest BCUT2D eigenvalue weighted by Gasteiger charge is 2.15. The third-order valence-electron chi connectivity index (χ3n) is 3.43. The maximum absolute atomic E-state index is 5.52. The first-order valence-electron chi connectivity index (χ1n) is 6.79. The second kappa shape index (κ2) is 5.09. The third kappa shape index (κ3) is 2.32. The fourth-order valence-corrected chi connectivity index (χ4v) is 2.29. The van der Waals surface area contributed by atoms with Crippen LogP contribution >= 0.6 is 0 Å². The number of nitrogens with one attached hydrogen (secondary N) is 1. The van der Waals surface area contributed by atoms with Crippen molar-refractivity contribution in [3.8, 4) is 17.1 Å². The molecule has 1 aliphatic heterocycles. The predicted octanol–water partition coefficient (Wildman–Crippen LogP) is 2.49. The average Bonchev–Trinajstić information content (AvgIpc) is 2.94. The molecule has 2 aromatic rings. The molecular formula is C15H18N4O. The van der Waals surface area contributed by atoms with Gasteiger partial charge >= 0.3 is 0 Å². The SMILES string of the molecule is CC(C)c1cc(NN)nc(-c2ccc3c(c2)CCO3)n1. The molecule has 0 saturated carbocycles. The molecule has 20 heavy (non-hydrogen) atoms. The van der Waals surface area contributed by atoms with Crippen molar-refractivity contribution in [1.29, 1.82) is 0 Å². The Bertz CT molecular complexity index is 640. The van der Waals surface area contributed by atoms with Crippen LogP contribution in [-0.4, -0.2) is 16.6 Å². The Balaban J connectivity index is 2.07. The minimum Gasteiger partial charge on any atom is -0.493 e. The molecule has 0 amide bonds. The van der Waals surface area contributed by atoms with Crippen LogP contribution in [0.5, 0.6) is 5.75 Å². The topological polar surface area (TPSA) is 73.1 Å². The monoisotopic (exact) mass is 270 g/mol. The van der Waals surface area contributed by atoms with Crippen LogP contribution in [0.3, 0.4) is 0 Å². The molecule has 0 atom stereocenters. The van der Waals surface area contributed by atoms with Crippen LogP contribution in [0.4, 0.5) is 5.82 Å². The second-order valence-corrected chi connectivity index (χ2v) is 5.22. The Hall–Kier alpha value is -2.14. The summed E-state index contributed by atoms with van der Waals surface area (Å²) < 4.78 is 5.52. The van der Waals surface area contributed by atoms with Gasteiger partial charge in [0.1, 0.15) is 11.6 Å². The third-order valence-corrected chi connectivity index (χ3v) is 3.43. The normalized spacial score (nSPS) is 13.2. The van der Waals surface area contributed by atoms with Crippen LogP contribution in [0, 0.1) is 0 Å². The number of aromatic nitrogens is 2. The van der Waals surface area contributed by atoms with E-state index in [1.54, 1.807) is 0 Å². The van der Waals surface area contributed by atoms with Gasteiger partial charge in [-0.1, -0.05) is 13.8 Å².